The summed E-state index contributed by atoms with van der Waals surface area (Å²) in [5, 5.41) is 3.44. The predicted octanol–water partition coefficient (Wildman–Crippen LogP) is 5.24. The minimum Gasteiger partial charge on any atom is -0.484 e. The third-order valence-corrected chi connectivity index (χ3v) is 7.70. The number of nitrogens with zero attached hydrogens (tertiary/aromatic N) is 1. The van der Waals surface area contributed by atoms with Crippen LogP contribution in [0.1, 0.15) is 32.8 Å². The second-order valence-electron chi connectivity index (χ2n) is 9.67. The second-order valence-corrected chi connectivity index (χ2v) is 11.8. The van der Waals surface area contributed by atoms with Gasteiger partial charge in [-0.1, -0.05) is 37.6 Å². The van der Waals surface area contributed by atoms with Crippen LogP contribution in [0.3, 0.4) is 0 Å². The lowest BCUT2D eigenvalue weighted by Gasteiger charge is -2.29. The lowest BCUT2D eigenvalue weighted by molar-refractivity contribution is -0.142. The van der Waals surface area contributed by atoms with Gasteiger partial charge in [0.1, 0.15) is 17.6 Å². The fraction of sp³-hybridized carbons (Fsp3) is 0.310. The van der Waals surface area contributed by atoms with Crippen molar-refractivity contribution in [2.45, 2.75) is 44.7 Å². The number of halogens is 2. The molecule has 0 unspecified atom stereocenters. The fourth-order valence-electron chi connectivity index (χ4n) is 3.68. The molecule has 0 radical (unpaired) electrons. The average Bonchev–Trinajstić information content (AvgIpc) is 2.92. The van der Waals surface area contributed by atoms with E-state index in [4.69, 9.17) is 16.3 Å². The molecule has 0 aromatic heterocycles. The minimum atomic E-state index is -3.92. The summed E-state index contributed by atoms with van der Waals surface area (Å²) in [5.41, 5.74) is 1.01. The van der Waals surface area contributed by atoms with Gasteiger partial charge < -0.3 is 15.0 Å². The van der Waals surface area contributed by atoms with E-state index in [1.165, 1.54) is 41.3 Å². The smallest absolute Gasteiger partial charge is 0.261 e. The molecule has 214 valence electrons. The molecular formula is C29H33ClFN3O5S. The van der Waals surface area contributed by atoms with Crippen molar-refractivity contribution in [2.24, 2.45) is 5.92 Å². The van der Waals surface area contributed by atoms with Crippen molar-refractivity contribution in [3.63, 3.8) is 0 Å². The Balaban J connectivity index is 1.67. The molecule has 0 aliphatic heterocycles. The first-order chi connectivity index (χ1) is 18.9. The molecule has 0 bridgehead atoms. The maximum atomic E-state index is 13.2. The van der Waals surface area contributed by atoms with Crippen molar-refractivity contribution in [1.29, 1.82) is 0 Å². The first-order valence-corrected chi connectivity index (χ1v) is 14.6. The highest BCUT2D eigenvalue weighted by Gasteiger charge is 2.26. The SMILES string of the molecule is CC(C)CCNC(=O)[C@@H](C)N(Cc1ccc(Cl)cc1)C(=O)COc1ccc(S(=O)(=O)Nc2ccc(F)cc2)cc1. The normalized spacial score (nSPS) is 12.1. The molecule has 8 nitrogen and oxygen atoms in total. The first-order valence-electron chi connectivity index (χ1n) is 12.8. The summed E-state index contributed by atoms with van der Waals surface area (Å²) in [5.74, 6) is -0.473. The average molecular weight is 590 g/mol. The van der Waals surface area contributed by atoms with E-state index in [0.29, 0.717) is 17.5 Å². The van der Waals surface area contributed by atoms with Gasteiger partial charge >= 0.3 is 0 Å². The van der Waals surface area contributed by atoms with Crippen molar-refractivity contribution in [1.82, 2.24) is 10.2 Å². The Morgan fingerprint density at radius 2 is 1.57 bits per heavy atom. The number of carbonyl (C=O) groups is 2. The van der Waals surface area contributed by atoms with Gasteiger partial charge in [-0.25, -0.2) is 12.8 Å². The quantitative estimate of drug-likeness (QED) is 0.284. The topological polar surface area (TPSA) is 105 Å². The molecule has 3 rings (SSSR count). The van der Waals surface area contributed by atoms with Gasteiger partial charge in [0.2, 0.25) is 5.91 Å². The Morgan fingerprint density at radius 1 is 0.950 bits per heavy atom. The first kappa shape index (κ1) is 30.9. The predicted molar refractivity (Wildman–Crippen MR) is 153 cm³/mol. The van der Waals surface area contributed by atoms with Gasteiger partial charge in [-0.15, -0.1) is 0 Å². The Kier molecular flexibility index (Phi) is 10.9. The number of hydrogen-bond acceptors (Lipinski definition) is 5. The van der Waals surface area contributed by atoms with Crippen LogP contribution in [0.25, 0.3) is 0 Å². The minimum absolute atomic E-state index is 0.0356. The van der Waals surface area contributed by atoms with Gasteiger partial charge in [-0.2, -0.15) is 0 Å². The van der Waals surface area contributed by atoms with E-state index in [1.54, 1.807) is 31.2 Å². The Hall–Kier alpha value is -3.63. The number of carbonyl (C=O) groups excluding carboxylic acids is 2. The summed E-state index contributed by atoms with van der Waals surface area (Å²) in [6.45, 7) is 6.10. The number of hydrogen-bond donors (Lipinski definition) is 2. The van der Waals surface area contributed by atoms with Crippen molar-refractivity contribution in [3.05, 3.63) is 89.2 Å². The van der Waals surface area contributed by atoms with Crippen LogP contribution in [0, 0.1) is 11.7 Å². The van der Waals surface area contributed by atoms with Crippen LogP contribution in [0.2, 0.25) is 5.02 Å². The van der Waals surface area contributed by atoms with E-state index in [2.05, 4.69) is 23.9 Å². The number of ether oxygens (including phenoxy) is 1. The highest BCUT2D eigenvalue weighted by atomic mass is 35.5. The van der Waals surface area contributed by atoms with E-state index in [1.807, 2.05) is 0 Å². The Morgan fingerprint density at radius 3 is 2.17 bits per heavy atom. The monoisotopic (exact) mass is 589 g/mol. The number of sulfonamides is 1. The molecule has 0 aliphatic carbocycles. The zero-order valence-corrected chi connectivity index (χ0v) is 24.1. The largest absolute Gasteiger partial charge is 0.484 e. The third kappa shape index (κ3) is 9.24. The number of rotatable bonds is 13. The lowest BCUT2D eigenvalue weighted by atomic mass is 10.1. The van der Waals surface area contributed by atoms with Gasteiger partial charge in [0.25, 0.3) is 15.9 Å². The van der Waals surface area contributed by atoms with Crippen molar-refractivity contribution in [3.8, 4) is 5.75 Å². The number of anilines is 1. The van der Waals surface area contributed by atoms with Crippen molar-refractivity contribution in [2.75, 3.05) is 17.9 Å². The number of amides is 2. The van der Waals surface area contributed by atoms with Crippen LogP contribution in [0.5, 0.6) is 5.75 Å². The van der Waals surface area contributed by atoms with E-state index in [9.17, 15) is 22.4 Å². The summed E-state index contributed by atoms with van der Waals surface area (Å²) in [4.78, 5) is 27.4. The van der Waals surface area contributed by atoms with E-state index in [-0.39, 0.29) is 35.4 Å². The molecule has 0 aliphatic rings. The second kappa shape index (κ2) is 14.1. The Labute approximate surface area is 239 Å². The highest BCUT2D eigenvalue weighted by Crippen LogP contribution is 2.20. The molecule has 0 spiro atoms. The molecular weight excluding hydrogens is 557 g/mol. The summed E-state index contributed by atoms with van der Waals surface area (Å²) in [6, 6.07) is 16.7. The standard InChI is InChI=1S/C29H33ClFN3O5S/c1-20(2)16-17-32-29(36)21(3)34(18-22-4-6-23(30)7-5-22)28(35)19-39-26-12-14-27(15-13-26)40(37,38)33-25-10-8-24(31)9-11-25/h4-15,20-21,33H,16-19H2,1-3H3,(H,32,36)/t21-/m1/s1. The fourth-order valence-corrected chi connectivity index (χ4v) is 4.86. The molecule has 0 fully saturated rings. The van der Waals surface area contributed by atoms with Crippen LogP contribution in [-0.4, -0.2) is 44.3 Å². The molecule has 2 N–H and O–H groups in total. The Bertz CT molecular complexity index is 1380. The molecule has 0 heterocycles. The molecule has 1 atom stereocenters. The van der Waals surface area contributed by atoms with Gasteiger partial charge in [-0.05, 0) is 85.5 Å². The van der Waals surface area contributed by atoms with E-state index in [0.717, 1.165) is 24.1 Å². The molecule has 3 aromatic rings. The molecule has 0 saturated carbocycles. The molecule has 11 heteroatoms. The maximum absolute atomic E-state index is 13.2. The van der Waals surface area contributed by atoms with Crippen molar-refractivity contribution >= 4 is 39.1 Å². The molecule has 3 aromatic carbocycles. The van der Waals surface area contributed by atoms with Gasteiger partial charge in [-0.3, -0.25) is 14.3 Å². The summed E-state index contributed by atoms with van der Waals surface area (Å²) >= 11 is 5.99. The van der Waals surface area contributed by atoms with Gasteiger partial charge in [0.05, 0.1) is 4.90 Å². The lowest BCUT2D eigenvalue weighted by Crippen LogP contribution is -2.49. The van der Waals surface area contributed by atoms with Gasteiger partial charge in [0.15, 0.2) is 6.61 Å². The van der Waals surface area contributed by atoms with Crippen molar-refractivity contribution < 1.29 is 27.1 Å². The van der Waals surface area contributed by atoms with Gasteiger partial charge in [0, 0.05) is 23.8 Å². The van der Waals surface area contributed by atoms with Crippen LogP contribution in [0.4, 0.5) is 10.1 Å². The van der Waals surface area contributed by atoms with Crippen LogP contribution < -0.4 is 14.8 Å². The number of benzene rings is 3. The molecule has 40 heavy (non-hydrogen) atoms. The maximum Gasteiger partial charge on any atom is 0.261 e. The zero-order chi connectivity index (χ0) is 29.3. The number of nitrogens with one attached hydrogen (secondary N) is 2. The summed E-state index contributed by atoms with van der Waals surface area (Å²) < 4.78 is 46.4. The van der Waals surface area contributed by atoms with Crippen LogP contribution in [-0.2, 0) is 26.2 Å². The third-order valence-electron chi connectivity index (χ3n) is 6.05. The summed E-state index contributed by atoms with van der Waals surface area (Å²) in [7, 11) is -3.92. The van der Waals surface area contributed by atoms with Crippen LogP contribution >= 0.6 is 11.6 Å². The highest BCUT2D eigenvalue weighted by molar-refractivity contribution is 7.92. The van der Waals surface area contributed by atoms with Crippen LogP contribution in [0.15, 0.2) is 77.7 Å². The van der Waals surface area contributed by atoms with E-state index < -0.39 is 27.8 Å². The zero-order valence-electron chi connectivity index (χ0n) is 22.6. The summed E-state index contributed by atoms with van der Waals surface area (Å²) in [6.07, 6.45) is 0.817. The molecule has 2 amide bonds. The van der Waals surface area contributed by atoms with E-state index >= 15 is 0 Å². The molecule has 0 saturated heterocycles.